The zero-order valence-electron chi connectivity index (χ0n) is 17.3. The third kappa shape index (κ3) is 3.63. The molecule has 0 unspecified atom stereocenters. The Morgan fingerprint density at radius 2 is 1.68 bits per heavy atom. The van der Waals surface area contributed by atoms with Crippen molar-refractivity contribution in [3.63, 3.8) is 0 Å². The first-order valence-corrected chi connectivity index (χ1v) is 9.60. The second-order valence-corrected chi connectivity index (χ2v) is 7.08. The van der Waals surface area contributed by atoms with Gasteiger partial charge < -0.3 is 14.0 Å². The molecule has 31 heavy (non-hydrogen) atoms. The van der Waals surface area contributed by atoms with Crippen LogP contribution in [-0.2, 0) is 16.1 Å². The Hall–Kier alpha value is -4.07. The number of carbonyl (C=O) groups is 3. The number of para-hydroxylation sites is 1. The molecule has 1 saturated heterocycles. The zero-order chi connectivity index (χ0) is 22.1. The van der Waals surface area contributed by atoms with Crippen molar-refractivity contribution < 1.29 is 23.9 Å². The number of urea groups is 1. The Kier molecular flexibility index (Phi) is 5.21. The molecule has 0 aliphatic carbocycles. The molecule has 158 valence electrons. The number of fused-ring (bicyclic) bond motifs is 1. The van der Waals surface area contributed by atoms with Gasteiger partial charge in [-0.15, -0.1) is 0 Å². The molecule has 4 amide bonds. The number of aromatic nitrogens is 1. The summed E-state index contributed by atoms with van der Waals surface area (Å²) in [5.41, 5.74) is 3.37. The summed E-state index contributed by atoms with van der Waals surface area (Å²) in [4.78, 5) is 35.8. The minimum Gasteiger partial charge on any atom is -0.497 e. The van der Waals surface area contributed by atoms with Gasteiger partial charge >= 0.3 is 6.03 Å². The lowest BCUT2D eigenvalue weighted by atomic mass is 10.1. The van der Waals surface area contributed by atoms with Crippen LogP contribution < -0.4 is 20.1 Å². The number of benzene rings is 2. The number of methoxy groups -OCH3 is 2. The van der Waals surface area contributed by atoms with Gasteiger partial charge in [0.1, 0.15) is 17.1 Å². The molecule has 0 radical (unpaired) electrons. The van der Waals surface area contributed by atoms with Gasteiger partial charge in [-0.2, -0.15) is 0 Å². The summed E-state index contributed by atoms with van der Waals surface area (Å²) in [7, 11) is 3.21. The minimum atomic E-state index is -0.821. The molecule has 1 fully saturated rings. The summed E-state index contributed by atoms with van der Waals surface area (Å²) in [6.45, 7) is 2.44. The Bertz CT molecular complexity index is 1230. The number of nitrogens with zero attached hydrogens (tertiary/aromatic N) is 1. The first-order valence-electron chi connectivity index (χ1n) is 9.60. The van der Waals surface area contributed by atoms with Crippen LogP contribution >= 0.6 is 0 Å². The minimum absolute atomic E-state index is 0.118. The molecule has 0 spiro atoms. The van der Waals surface area contributed by atoms with E-state index in [4.69, 9.17) is 9.47 Å². The molecule has 8 heteroatoms. The number of imide groups is 2. The normalized spacial score (nSPS) is 13.8. The summed E-state index contributed by atoms with van der Waals surface area (Å²) in [5, 5.41) is 5.10. The average Bonchev–Trinajstić information content (AvgIpc) is 3.02. The first-order chi connectivity index (χ1) is 14.9. The summed E-state index contributed by atoms with van der Waals surface area (Å²) < 4.78 is 12.9. The van der Waals surface area contributed by atoms with Crippen molar-refractivity contribution in [3.05, 3.63) is 64.9 Å². The third-order valence-corrected chi connectivity index (χ3v) is 5.33. The number of rotatable bonds is 5. The number of hydrogen-bond acceptors (Lipinski definition) is 5. The van der Waals surface area contributed by atoms with Crippen LogP contribution in [-0.4, -0.2) is 36.6 Å². The number of amides is 4. The molecule has 0 atom stereocenters. The van der Waals surface area contributed by atoms with Crippen LogP contribution in [0.1, 0.15) is 16.8 Å². The molecule has 2 heterocycles. The van der Waals surface area contributed by atoms with E-state index in [-0.39, 0.29) is 5.57 Å². The quantitative estimate of drug-likeness (QED) is 0.490. The summed E-state index contributed by atoms with van der Waals surface area (Å²) in [6, 6.07) is 12.6. The molecule has 2 aromatic carbocycles. The van der Waals surface area contributed by atoms with Gasteiger partial charge in [-0.1, -0.05) is 18.2 Å². The molecule has 1 aromatic heterocycles. The van der Waals surface area contributed by atoms with Crippen molar-refractivity contribution in [2.45, 2.75) is 13.5 Å². The lowest BCUT2D eigenvalue weighted by Crippen LogP contribution is -2.51. The highest BCUT2D eigenvalue weighted by molar-refractivity contribution is 6.31. The zero-order valence-corrected chi connectivity index (χ0v) is 17.3. The Labute approximate surface area is 178 Å². The fourth-order valence-electron chi connectivity index (χ4n) is 3.75. The van der Waals surface area contributed by atoms with Crippen LogP contribution in [0.4, 0.5) is 4.79 Å². The van der Waals surface area contributed by atoms with E-state index in [1.165, 1.54) is 6.08 Å². The predicted octanol–water partition coefficient (Wildman–Crippen LogP) is 2.76. The summed E-state index contributed by atoms with van der Waals surface area (Å²) >= 11 is 0. The van der Waals surface area contributed by atoms with Crippen LogP contribution in [0.5, 0.6) is 11.5 Å². The van der Waals surface area contributed by atoms with Gasteiger partial charge in [0.25, 0.3) is 11.8 Å². The van der Waals surface area contributed by atoms with Gasteiger partial charge in [0, 0.05) is 33.8 Å². The Morgan fingerprint density at radius 1 is 0.968 bits per heavy atom. The van der Waals surface area contributed by atoms with Crippen LogP contribution in [0.25, 0.3) is 17.0 Å². The number of barbiturate groups is 1. The molecular formula is C23H21N3O5. The van der Waals surface area contributed by atoms with Crippen LogP contribution in [0.2, 0.25) is 0 Å². The van der Waals surface area contributed by atoms with Gasteiger partial charge in [0.2, 0.25) is 0 Å². The van der Waals surface area contributed by atoms with Crippen LogP contribution in [0, 0.1) is 6.92 Å². The fraction of sp³-hybridized carbons (Fsp3) is 0.174. The highest BCUT2D eigenvalue weighted by Gasteiger charge is 2.28. The van der Waals surface area contributed by atoms with E-state index >= 15 is 0 Å². The fourth-order valence-corrected chi connectivity index (χ4v) is 3.75. The second kappa shape index (κ2) is 7.98. The molecule has 0 bridgehead atoms. The van der Waals surface area contributed by atoms with E-state index in [2.05, 4.69) is 15.2 Å². The second-order valence-electron chi connectivity index (χ2n) is 7.08. The molecule has 1 aliphatic rings. The first kappa shape index (κ1) is 20.2. The van der Waals surface area contributed by atoms with E-state index in [1.807, 2.05) is 49.4 Å². The van der Waals surface area contributed by atoms with Crippen molar-refractivity contribution in [1.82, 2.24) is 15.2 Å². The van der Waals surface area contributed by atoms with Crippen LogP contribution in [0.3, 0.4) is 0 Å². The molecule has 3 aromatic rings. The lowest BCUT2D eigenvalue weighted by molar-refractivity contribution is -0.123. The maximum absolute atomic E-state index is 12.2. The van der Waals surface area contributed by atoms with Crippen molar-refractivity contribution >= 4 is 34.8 Å². The van der Waals surface area contributed by atoms with Gasteiger partial charge in [-0.25, -0.2) is 4.79 Å². The highest BCUT2D eigenvalue weighted by Crippen LogP contribution is 2.31. The predicted molar refractivity (Wildman–Crippen MR) is 115 cm³/mol. The van der Waals surface area contributed by atoms with Crippen molar-refractivity contribution in [2.75, 3.05) is 14.2 Å². The van der Waals surface area contributed by atoms with E-state index in [9.17, 15) is 14.4 Å². The Balaban J connectivity index is 1.83. The molecule has 4 rings (SSSR count). The summed E-state index contributed by atoms with van der Waals surface area (Å²) in [5.74, 6) is -0.0476. The van der Waals surface area contributed by atoms with Crippen molar-refractivity contribution in [1.29, 1.82) is 0 Å². The van der Waals surface area contributed by atoms with E-state index in [0.717, 1.165) is 27.7 Å². The number of carbonyl (C=O) groups excluding carboxylic acids is 3. The number of ether oxygens (including phenoxy) is 2. The SMILES string of the molecule is COc1ccc(Cn2c(C)c(C=C3C(=O)NC(=O)NC3=O)c3ccccc32)c(OC)c1. The number of nitrogens with one attached hydrogen (secondary N) is 2. The maximum atomic E-state index is 12.2. The van der Waals surface area contributed by atoms with Gasteiger partial charge in [-0.05, 0) is 31.2 Å². The Morgan fingerprint density at radius 3 is 2.35 bits per heavy atom. The topological polar surface area (TPSA) is 98.7 Å². The third-order valence-electron chi connectivity index (χ3n) is 5.33. The van der Waals surface area contributed by atoms with E-state index in [1.54, 1.807) is 14.2 Å². The highest BCUT2D eigenvalue weighted by atomic mass is 16.5. The van der Waals surface area contributed by atoms with Gasteiger partial charge in [-0.3, -0.25) is 20.2 Å². The van der Waals surface area contributed by atoms with Crippen molar-refractivity contribution in [2.24, 2.45) is 0 Å². The van der Waals surface area contributed by atoms with E-state index in [0.29, 0.717) is 18.0 Å². The smallest absolute Gasteiger partial charge is 0.328 e. The lowest BCUT2D eigenvalue weighted by Gasteiger charge is -2.14. The van der Waals surface area contributed by atoms with Gasteiger partial charge in [0.05, 0.1) is 20.8 Å². The molecule has 0 saturated carbocycles. The van der Waals surface area contributed by atoms with Crippen LogP contribution in [0.15, 0.2) is 48.0 Å². The summed E-state index contributed by atoms with van der Waals surface area (Å²) in [6.07, 6.45) is 1.52. The monoisotopic (exact) mass is 419 g/mol. The molecule has 2 N–H and O–H groups in total. The molecule has 1 aliphatic heterocycles. The molecule has 8 nitrogen and oxygen atoms in total. The van der Waals surface area contributed by atoms with E-state index < -0.39 is 17.8 Å². The standard InChI is InChI=1S/C23H21N3O5/c1-13-17(11-18-21(27)24-23(29)25-22(18)28)16-6-4-5-7-19(16)26(13)12-14-8-9-15(30-2)10-20(14)31-3/h4-11H,12H2,1-3H3,(H2,24,25,27,28,29). The number of hydrogen-bond donors (Lipinski definition) is 2. The van der Waals surface area contributed by atoms with Gasteiger partial charge in [0.15, 0.2) is 0 Å². The van der Waals surface area contributed by atoms with Crippen molar-refractivity contribution in [3.8, 4) is 11.5 Å². The average molecular weight is 419 g/mol. The molecular weight excluding hydrogens is 398 g/mol. The largest absolute Gasteiger partial charge is 0.497 e. The maximum Gasteiger partial charge on any atom is 0.328 e.